The summed E-state index contributed by atoms with van der Waals surface area (Å²) in [7, 11) is 0. The molecule has 0 aliphatic heterocycles. The predicted octanol–water partition coefficient (Wildman–Crippen LogP) is 0.294. The molecule has 0 saturated carbocycles. The van der Waals surface area contributed by atoms with Gasteiger partial charge in [-0.25, -0.2) is 0 Å². The van der Waals surface area contributed by atoms with E-state index in [4.69, 9.17) is 10.2 Å². The molecule has 0 aliphatic rings. The highest BCUT2D eigenvalue weighted by Gasteiger charge is 2.04. The summed E-state index contributed by atoms with van der Waals surface area (Å²) in [5, 5.41) is 19.6. The fourth-order valence-electron chi connectivity index (χ4n) is 1.02. The Balaban J connectivity index is 3.39. The quantitative estimate of drug-likeness (QED) is 0.401. The minimum atomic E-state index is -1.05. The van der Waals surface area contributed by atoms with Crippen LogP contribution >= 0.6 is 0 Å². The van der Waals surface area contributed by atoms with Crippen LogP contribution in [0.5, 0.6) is 0 Å². The van der Waals surface area contributed by atoms with E-state index < -0.39 is 12.1 Å². The number of hydrogen-bond acceptors (Lipinski definition) is 3. The molecule has 1 amide bonds. The molecule has 0 fully saturated rings. The molecule has 1 atom stereocenters. The first kappa shape index (κ1) is 13.6. The Bertz CT molecular complexity index is 227. The van der Waals surface area contributed by atoms with E-state index in [2.05, 4.69) is 11.9 Å². The number of carbonyl (C=O) groups excluding carboxylic acids is 1. The summed E-state index contributed by atoms with van der Waals surface area (Å²) < 4.78 is 0. The largest absolute Gasteiger partial charge is 0.480 e. The smallest absolute Gasteiger partial charge is 0.322 e. The van der Waals surface area contributed by atoms with E-state index in [-0.39, 0.29) is 18.9 Å². The van der Waals surface area contributed by atoms with Gasteiger partial charge < -0.3 is 15.5 Å². The number of aliphatic hydroxyl groups is 1. The van der Waals surface area contributed by atoms with Gasteiger partial charge in [0.2, 0.25) is 5.91 Å². The Labute approximate surface area is 88.8 Å². The molecule has 0 bridgehead atoms. The molecule has 0 rings (SSSR count). The van der Waals surface area contributed by atoms with Crippen LogP contribution in [-0.2, 0) is 9.59 Å². The highest BCUT2D eigenvalue weighted by molar-refractivity contribution is 5.80. The van der Waals surface area contributed by atoms with Gasteiger partial charge in [0.05, 0.1) is 6.10 Å². The van der Waals surface area contributed by atoms with Crippen molar-refractivity contribution in [3.05, 3.63) is 12.7 Å². The molecular formula is C10H17NO4. The standard InChI is InChI=1S/C10H17NO4/c1-2-8(12)5-3-4-6-9(13)11-7-10(14)15/h2,8,12H,1,3-7H2,(H,11,13)(H,14,15). The van der Waals surface area contributed by atoms with E-state index in [1.165, 1.54) is 6.08 Å². The third-order valence-electron chi connectivity index (χ3n) is 1.86. The summed E-state index contributed by atoms with van der Waals surface area (Å²) in [6.07, 6.45) is 3.15. The summed E-state index contributed by atoms with van der Waals surface area (Å²) >= 11 is 0. The van der Waals surface area contributed by atoms with Crippen LogP contribution in [0.3, 0.4) is 0 Å². The first-order valence-electron chi connectivity index (χ1n) is 4.85. The number of carboxylic acid groups (broad SMARTS) is 1. The molecule has 0 saturated heterocycles. The van der Waals surface area contributed by atoms with Crippen molar-refractivity contribution in [1.29, 1.82) is 0 Å². The van der Waals surface area contributed by atoms with Crippen molar-refractivity contribution < 1.29 is 19.8 Å². The Morgan fingerprint density at radius 2 is 2.07 bits per heavy atom. The van der Waals surface area contributed by atoms with Crippen molar-refractivity contribution in [1.82, 2.24) is 5.32 Å². The molecule has 0 spiro atoms. The van der Waals surface area contributed by atoms with Crippen molar-refractivity contribution >= 4 is 11.9 Å². The highest BCUT2D eigenvalue weighted by atomic mass is 16.4. The molecule has 5 heteroatoms. The number of aliphatic hydroxyl groups excluding tert-OH is 1. The maximum Gasteiger partial charge on any atom is 0.322 e. The van der Waals surface area contributed by atoms with Crippen LogP contribution in [-0.4, -0.2) is 34.7 Å². The van der Waals surface area contributed by atoms with E-state index in [1.807, 2.05) is 0 Å². The van der Waals surface area contributed by atoms with Gasteiger partial charge in [-0.15, -0.1) is 6.58 Å². The van der Waals surface area contributed by atoms with E-state index in [0.717, 1.165) is 0 Å². The lowest BCUT2D eigenvalue weighted by atomic mass is 10.1. The number of aliphatic carboxylic acids is 1. The fourth-order valence-corrected chi connectivity index (χ4v) is 1.02. The fraction of sp³-hybridized carbons (Fsp3) is 0.600. The molecule has 0 aromatic carbocycles. The lowest BCUT2D eigenvalue weighted by molar-refractivity contribution is -0.137. The number of hydrogen-bond donors (Lipinski definition) is 3. The highest BCUT2D eigenvalue weighted by Crippen LogP contribution is 2.03. The van der Waals surface area contributed by atoms with Gasteiger partial charge in [0.15, 0.2) is 0 Å². The second-order valence-electron chi connectivity index (χ2n) is 3.22. The molecule has 0 radical (unpaired) electrons. The Hall–Kier alpha value is -1.36. The third-order valence-corrected chi connectivity index (χ3v) is 1.86. The molecule has 3 N–H and O–H groups in total. The van der Waals surface area contributed by atoms with Gasteiger partial charge in [-0.2, -0.15) is 0 Å². The summed E-state index contributed by atoms with van der Waals surface area (Å²) in [4.78, 5) is 21.1. The first-order valence-corrected chi connectivity index (χ1v) is 4.85. The van der Waals surface area contributed by atoms with Gasteiger partial charge in [0.25, 0.3) is 0 Å². The van der Waals surface area contributed by atoms with Crippen molar-refractivity contribution in [2.24, 2.45) is 0 Å². The molecule has 86 valence electrons. The molecular weight excluding hydrogens is 198 g/mol. The van der Waals surface area contributed by atoms with E-state index in [1.54, 1.807) is 0 Å². The summed E-state index contributed by atoms with van der Waals surface area (Å²) in [5.74, 6) is -1.32. The van der Waals surface area contributed by atoms with Gasteiger partial charge in [-0.3, -0.25) is 9.59 Å². The number of nitrogens with one attached hydrogen (secondary N) is 1. The molecule has 0 aromatic rings. The van der Waals surface area contributed by atoms with Crippen LogP contribution in [0, 0.1) is 0 Å². The van der Waals surface area contributed by atoms with E-state index in [9.17, 15) is 9.59 Å². The average molecular weight is 215 g/mol. The number of carboxylic acids is 1. The van der Waals surface area contributed by atoms with Crippen molar-refractivity contribution in [2.75, 3.05) is 6.54 Å². The molecule has 1 unspecified atom stereocenters. The summed E-state index contributed by atoms with van der Waals surface area (Å²) in [6, 6.07) is 0. The van der Waals surface area contributed by atoms with Gasteiger partial charge >= 0.3 is 5.97 Å². The first-order chi connectivity index (χ1) is 7.06. The Morgan fingerprint density at radius 3 is 2.60 bits per heavy atom. The molecule has 0 heterocycles. The normalized spacial score (nSPS) is 11.8. The number of unbranched alkanes of at least 4 members (excludes halogenated alkanes) is 1. The van der Waals surface area contributed by atoms with Crippen molar-refractivity contribution in [3.8, 4) is 0 Å². The van der Waals surface area contributed by atoms with Gasteiger partial charge in [-0.05, 0) is 12.8 Å². The predicted molar refractivity (Wildman–Crippen MR) is 55.3 cm³/mol. The monoisotopic (exact) mass is 215 g/mol. The second kappa shape index (κ2) is 7.99. The van der Waals surface area contributed by atoms with Crippen molar-refractivity contribution in [2.45, 2.75) is 31.8 Å². The van der Waals surface area contributed by atoms with Gasteiger partial charge in [0.1, 0.15) is 6.54 Å². The number of rotatable bonds is 8. The zero-order valence-corrected chi connectivity index (χ0v) is 8.61. The lowest BCUT2D eigenvalue weighted by Gasteiger charge is -2.04. The van der Waals surface area contributed by atoms with Crippen LogP contribution in [0.15, 0.2) is 12.7 Å². The third kappa shape index (κ3) is 8.96. The zero-order valence-electron chi connectivity index (χ0n) is 8.61. The van der Waals surface area contributed by atoms with Crippen molar-refractivity contribution in [3.63, 3.8) is 0 Å². The molecule has 5 nitrogen and oxygen atoms in total. The van der Waals surface area contributed by atoms with Crippen LogP contribution < -0.4 is 5.32 Å². The summed E-state index contributed by atoms with van der Waals surface area (Å²) in [5.41, 5.74) is 0. The van der Waals surface area contributed by atoms with Crippen LogP contribution in [0.4, 0.5) is 0 Å². The molecule has 0 aliphatic carbocycles. The minimum absolute atomic E-state index is 0.273. The summed E-state index contributed by atoms with van der Waals surface area (Å²) in [6.45, 7) is 3.09. The van der Waals surface area contributed by atoms with Gasteiger partial charge in [-0.1, -0.05) is 12.5 Å². The maximum absolute atomic E-state index is 11.0. The van der Waals surface area contributed by atoms with E-state index >= 15 is 0 Å². The molecule has 0 aromatic heterocycles. The van der Waals surface area contributed by atoms with E-state index in [0.29, 0.717) is 19.3 Å². The van der Waals surface area contributed by atoms with Crippen LogP contribution in [0.25, 0.3) is 0 Å². The maximum atomic E-state index is 11.0. The Kier molecular flexibility index (Phi) is 7.27. The minimum Gasteiger partial charge on any atom is -0.480 e. The van der Waals surface area contributed by atoms with Crippen LogP contribution in [0.2, 0.25) is 0 Å². The average Bonchev–Trinajstić information content (AvgIpc) is 2.21. The topological polar surface area (TPSA) is 86.6 Å². The van der Waals surface area contributed by atoms with Gasteiger partial charge in [0, 0.05) is 6.42 Å². The zero-order chi connectivity index (χ0) is 11.7. The lowest BCUT2D eigenvalue weighted by Crippen LogP contribution is -2.28. The Morgan fingerprint density at radius 1 is 1.40 bits per heavy atom. The molecule has 15 heavy (non-hydrogen) atoms. The number of carbonyl (C=O) groups is 2. The second-order valence-corrected chi connectivity index (χ2v) is 3.22. The number of amides is 1. The SMILES string of the molecule is C=CC(O)CCCCC(=O)NCC(=O)O. The van der Waals surface area contributed by atoms with Crippen LogP contribution in [0.1, 0.15) is 25.7 Å².